The van der Waals surface area contributed by atoms with E-state index in [1.807, 2.05) is 4.98 Å². The summed E-state index contributed by atoms with van der Waals surface area (Å²) in [6.45, 7) is 3.55. The van der Waals surface area contributed by atoms with Crippen LogP contribution < -0.4 is 22.7 Å². The van der Waals surface area contributed by atoms with E-state index in [4.69, 9.17) is 16.6 Å². The van der Waals surface area contributed by atoms with Gasteiger partial charge in [-0.3, -0.25) is 19.6 Å². The van der Waals surface area contributed by atoms with Crippen LogP contribution in [0.2, 0.25) is 0 Å². The summed E-state index contributed by atoms with van der Waals surface area (Å²) in [6.07, 6.45) is 0. The largest absolute Gasteiger partial charge is 0.480 e. The SMILES string of the molecule is CC(C)[C@H](N)C(=O)O.Nc1cc(=O)[nH]c(=O)[nH]1. The first kappa shape index (κ1) is 14.9. The van der Waals surface area contributed by atoms with Gasteiger partial charge in [0.1, 0.15) is 11.9 Å². The quantitative estimate of drug-likeness (QED) is 0.435. The maximum absolute atomic E-state index is 10.4. The minimum atomic E-state index is -0.931. The number of aromatic nitrogens is 2. The number of aromatic amines is 2. The summed E-state index contributed by atoms with van der Waals surface area (Å²) in [7, 11) is 0. The summed E-state index contributed by atoms with van der Waals surface area (Å²) in [5, 5.41) is 8.23. The van der Waals surface area contributed by atoms with Crippen LogP contribution in [0.25, 0.3) is 0 Å². The van der Waals surface area contributed by atoms with E-state index in [-0.39, 0.29) is 11.7 Å². The zero-order chi connectivity index (χ0) is 13.6. The number of carboxylic acid groups (broad SMARTS) is 1. The van der Waals surface area contributed by atoms with Crippen LogP contribution in [0.1, 0.15) is 13.8 Å². The number of nitrogen functional groups attached to an aromatic ring is 1. The number of H-pyrrole nitrogens is 2. The van der Waals surface area contributed by atoms with Gasteiger partial charge in [-0.2, -0.15) is 0 Å². The third-order valence-corrected chi connectivity index (χ3v) is 1.78. The standard InChI is InChI=1S/C5H11NO2.C4H5N3O2/c1-3(2)4(6)5(7)8;5-2-1-3(8)7-4(9)6-2/h3-4H,6H2,1-2H3,(H,7,8);1H,(H4,5,6,7,8,9)/t4-;/m0./s1. The summed E-state index contributed by atoms with van der Waals surface area (Å²) < 4.78 is 0. The molecule has 0 aliphatic carbocycles. The van der Waals surface area contributed by atoms with Crippen molar-refractivity contribution in [2.75, 3.05) is 5.73 Å². The molecule has 0 aliphatic heterocycles. The molecule has 0 aromatic carbocycles. The molecule has 0 unspecified atom stereocenters. The third kappa shape index (κ3) is 6.15. The number of carbonyl (C=O) groups is 1. The van der Waals surface area contributed by atoms with Gasteiger partial charge in [0.15, 0.2) is 0 Å². The molecule has 8 nitrogen and oxygen atoms in total. The molecule has 0 saturated heterocycles. The highest BCUT2D eigenvalue weighted by atomic mass is 16.4. The zero-order valence-corrected chi connectivity index (χ0v) is 9.56. The van der Waals surface area contributed by atoms with Crippen LogP contribution in [-0.4, -0.2) is 27.1 Å². The first-order valence-electron chi connectivity index (χ1n) is 4.81. The second kappa shape index (κ2) is 6.48. The molecule has 17 heavy (non-hydrogen) atoms. The van der Waals surface area contributed by atoms with Crippen LogP contribution >= 0.6 is 0 Å². The van der Waals surface area contributed by atoms with Gasteiger partial charge in [0.25, 0.3) is 5.56 Å². The number of rotatable bonds is 2. The van der Waals surface area contributed by atoms with Crippen molar-refractivity contribution >= 4 is 11.8 Å². The van der Waals surface area contributed by atoms with Crippen molar-refractivity contribution in [3.8, 4) is 0 Å². The topological polar surface area (TPSA) is 155 Å². The fraction of sp³-hybridized carbons (Fsp3) is 0.444. The van der Waals surface area contributed by atoms with Gasteiger partial charge in [-0.1, -0.05) is 13.8 Å². The van der Waals surface area contributed by atoms with Crippen LogP contribution in [0.5, 0.6) is 0 Å². The average molecular weight is 244 g/mol. The van der Waals surface area contributed by atoms with E-state index in [1.165, 1.54) is 0 Å². The van der Waals surface area contributed by atoms with Gasteiger partial charge in [-0.25, -0.2) is 4.79 Å². The Morgan fingerprint density at radius 2 is 1.88 bits per heavy atom. The van der Waals surface area contributed by atoms with Gasteiger partial charge in [0, 0.05) is 6.07 Å². The Labute approximate surface area is 96.7 Å². The number of hydrogen-bond acceptors (Lipinski definition) is 5. The maximum Gasteiger partial charge on any atom is 0.327 e. The second-order valence-electron chi connectivity index (χ2n) is 3.65. The molecule has 96 valence electrons. The summed E-state index contributed by atoms with van der Waals surface area (Å²) in [6, 6.07) is 0.386. The van der Waals surface area contributed by atoms with Gasteiger partial charge < -0.3 is 16.6 Å². The Morgan fingerprint density at radius 3 is 2.12 bits per heavy atom. The van der Waals surface area contributed by atoms with Gasteiger partial charge in [0.2, 0.25) is 0 Å². The first-order valence-corrected chi connectivity index (χ1v) is 4.81. The van der Waals surface area contributed by atoms with Crippen LogP contribution in [0.4, 0.5) is 5.82 Å². The first-order chi connectivity index (χ1) is 7.73. The molecule has 0 aliphatic rings. The fourth-order valence-corrected chi connectivity index (χ4v) is 0.773. The van der Waals surface area contributed by atoms with Crippen molar-refractivity contribution in [3.05, 3.63) is 26.9 Å². The van der Waals surface area contributed by atoms with Gasteiger partial charge in [-0.05, 0) is 5.92 Å². The minimum absolute atomic E-state index is 0.0208. The molecule has 7 N–H and O–H groups in total. The molecule has 0 saturated carbocycles. The fourth-order valence-electron chi connectivity index (χ4n) is 0.773. The molecule has 0 fully saturated rings. The Balaban J connectivity index is 0.000000304. The van der Waals surface area contributed by atoms with E-state index in [0.29, 0.717) is 0 Å². The summed E-state index contributed by atoms with van der Waals surface area (Å²) in [4.78, 5) is 34.8. The molecule has 0 amide bonds. The van der Waals surface area contributed by atoms with Crippen LogP contribution in [0.15, 0.2) is 15.7 Å². The van der Waals surface area contributed by atoms with Crippen molar-refractivity contribution in [2.45, 2.75) is 19.9 Å². The van der Waals surface area contributed by atoms with E-state index in [9.17, 15) is 14.4 Å². The lowest BCUT2D eigenvalue weighted by Crippen LogP contribution is -2.34. The van der Waals surface area contributed by atoms with E-state index in [0.717, 1.165) is 6.07 Å². The molecule has 1 aromatic rings. The molecule has 8 heteroatoms. The zero-order valence-electron chi connectivity index (χ0n) is 9.56. The molecule has 1 rings (SSSR count). The van der Waals surface area contributed by atoms with Crippen molar-refractivity contribution in [1.29, 1.82) is 0 Å². The van der Waals surface area contributed by atoms with Gasteiger partial charge in [-0.15, -0.1) is 0 Å². The maximum atomic E-state index is 10.4. The Morgan fingerprint density at radius 1 is 1.35 bits per heavy atom. The number of carboxylic acids is 1. The Bertz CT molecular complexity index is 448. The highest BCUT2D eigenvalue weighted by Gasteiger charge is 2.14. The second-order valence-corrected chi connectivity index (χ2v) is 3.65. The number of nitrogens with one attached hydrogen (secondary N) is 2. The molecular weight excluding hydrogens is 228 g/mol. The van der Waals surface area contributed by atoms with E-state index in [1.54, 1.807) is 13.8 Å². The molecule has 1 atom stereocenters. The third-order valence-electron chi connectivity index (χ3n) is 1.78. The Hall–Kier alpha value is -2.09. The lowest BCUT2D eigenvalue weighted by Gasteiger charge is -2.07. The molecular formula is C9H16N4O4. The number of hydrogen-bond donors (Lipinski definition) is 5. The van der Waals surface area contributed by atoms with Gasteiger partial charge in [0.05, 0.1) is 0 Å². The van der Waals surface area contributed by atoms with Crippen molar-refractivity contribution in [2.24, 2.45) is 11.7 Å². The summed E-state index contributed by atoms with van der Waals surface area (Å²) in [5.74, 6) is -0.837. The van der Waals surface area contributed by atoms with Crippen LogP contribution in [0, 0.1) is 5.92 Å². The summed E-state index contributed by atoms with van der Waals surface area (Å²) >= 11 is 0. The molecule has 0 bridgehead atoms. The molecule has 1 aromatic heterocycles. The monoisotopic (exact) mass is 244 g/mol. The average Bonchev–Trinajstić information content (AvgIpc) is 2.14. The smallest absolute Gasteiger partial charge is 0.327 e. The normalized spacial score (nSPS) is 11.5. The lowest BCUT2D eigenvalue weighted by atomic mass is 10.1. The minimum Gasteiger partial charge on any atom is -0.480 e. The van der Waals surface area contributed by atoms with E-state index in [2.05, 4.69) is 4.98 Å². The van der Waals surface area contributed by atoms with Crippen LogP contribution in [-0.2, 0) is 4.79 Å². The lowest BCUT2D eigenvalue weighted by molar-refractivity contribution is -0.139. The Kier molecular flexibility index (Phi) is 5.69. The predicted octanol–water partition coefficient (Wildman–Crippen LogP) is -1.30. The van der Waals surface area contributed by atoms with E-state index >= 15 is 0 Å². The molecule has 1 heterocycles. The molecule has 0 spiro atoms. The van der Waals surface area contributed by atoms with Crippen LogP contribution in [0.3, 0.4) is 0 Å². The van der Waals surface area contributed by atoms with Crippen molar-refractivity contribution < 1.29 is 9.90 Å². The highest BCUT2D eigenvalue weighted by Crippen LogP contribution is 1.96. The number of nitrogens with two attached hydrogens (primary N) is 2. The summed E-state index contributed by atoms with van der Waals surface area (Å²) in [5.41, 5.74) is 9.17. The molecule has 0 radical (unpaired) electrons. The van der Waals surface area contributed by atoms with Gasteiger partial charge >= 0.3 is 11.7 Å². The number of aliphatic carboxylic acids is 1. The number of anilines is 1. The van der Waals surface area contributed by atoms with E-state index < -0.39 is 23.3 Å². The predicted molar refractivity (Wildman–Crippen MR) is 62.5 cm³/mol. The highest BCUT2D eigenvalue weighted by molar-refractivity contribution is 5.73. The van der Waals surface area contributed by atoms with Crippen molar-refractivity contribution in [1.82, 2.24) is 9.97 Å². The van der Waals surface area contributed by atoms with Crippen molar-refractivity contribution in [3.63, 3.8) is 0 Å².